The van der Waals surface area contributed by atoms with Crippen LogP contribution in [0.25, 0.3) is 0 Å². The second kappa shape index (κ2) is 9.02. The van der Waals surface area contributed by atoms with E-state index in [0.717, 1.165) is 6.42 Å². The van der Waals surface area contributed by atoms with Gasteiger partial charge in [0.1, 0.15) is 17.5 Å². The molecule has 1 N–H and O–H groups in total. The Morgan fingerprint density at radius 1 is 1.10 bits per heavy atom. The van der Waals surface area contributed by atoms with Gasteiger partial charge in [-0.1, -0.05) is 18.0 Å². The lowest BCUT2D eigenvalue weighted by Crippen LogP contribution is -2.49. The Hall–Kier alpha value is -2.29. The predicted octanol–water partition coefficient (Wildman–Crippen LogP) is 3.54. The standard InChI is InChI=1S/C20H23ClN2O5S/c1-27-15-8-11-19(28-2)17(13-15)22-20(24)18-5-3-4-12-23(18)29(25,26)16-9-6-14(21)7-10-16/h6-11,13,18H,3-5,12H2,1-2H3,(H,22,24). The Balaban J connectivity index is 1.88. The second-order valence-electron chi connectivity index (χ2n) is 6.64. The molecule has 7 nitrogen and oxygen atoms in total. The summed E-state index contributed by atoms with van der Waals surface area (Å²) in [6.07, 6.45) is 1.89. The van der Waals surface area contributed by atoms with Crippen molar-refractivity contribution in [2.24, 2.45) is 0 Å². The SMILES string of the molecule is COc1ccc(OC)c(NC(=O)C2CCCCN2S(=O)(=O)c2ccc(Cl)cc2)c1. The molecule has 1 heterocycles. The normalized spacial score (nSPS) is 17.6. The van der Waals surface area contributed by atoms with Gasteiger partial charge in [0.2, 0.25) is 15.9 Å². The molecule has 0 aromatic heterocycles. The number of ether oxygens (including phenoxy) is 2. The smallest absolute Gasteiger partial charge is 0.243 e. The van der Waals surface area contributed by atoms with Crippen LogP contribution in [0.4, 0.5) is 5.69 Å². The number of rotatable bonds is 6. The highest BCUT2D eigenvalue weighted by atomic mass is 35.5. The molecule has 1 atom stereocenters. The number of carbonyl (C=O) groups is 1. The summed E-state index contributed by atoms with van der Waals surface area (Å²) < 4.78 is 38.1. The molecule has 3 rings (SSSR count). The van der Waals surface area contributed by atoms with Gasteiger partial charge in [0.15, 0.2) is 0 Å². The zero-order valence-electron chi connectivity index (χ0n) is 16.2. The van der Waals surface area contributed by atoms with Crippen LogP contribution in [-0.4, -0.2) is 45.4 Å². The topological polar surface area (TPSA) is 84.9 Å². The van der Waals surface area contributed by atoms with Crippen LogP contribution in [0, 0.1) is 0 Å². The van der Waals surface area contributed by atoms with Crippen molar-refractivity contribution in [2.45, 2.75) is 30.2 Å². The van der Waals surface area contributed by atoms with Gasteiger partial charge >= 0.3 is 0 Å². The fraction of sp³-hybridized carbons (Fsp3) is 0.350. The lowest BCUT2D eigenvalue weighted by molar-refractivity contribution is -0.120. The van der Waals surface area contributed by atoms with E-state index in [2.05, 4.69) is 5.32 Å². The number of hydrogen-bond acceptors (Lipinski definition) is 5. The van der Waals surface area contributed by atoms with E-state index in [9.17, 15) is 13.2 Å². The molecule has 29 heavy (non-hydrogen) atoms. The van der Waals surface area contributed by atoms with Gasteiger partial charge in [0, 0.05) is 17.6 Å². The zero-order valence-corrected chi connectivity index (χ0v) is 17.8. The molecule has 0 saturated carbocycles. The fourth-order valence-corrected chi connectivity index (χ4v) is 5.11. The molecule has 0 bridgehead atoms. The Bertz CT molecular complexity index is 979. The van der Waals surface area contributed by atoms with Crippen molar-refractivity contribution < 1.29 is 22.7 Å². The van der Waals surface area contributed by atoms with Crippen molar-refractivity contribution >= 4 is 33.2 Å². The van der Waals surface area contributed by atoms with Gasteiger partial charge in [-0.2, -0.15) is 4.31 Å². The number of anilines is 1. The highest BCUT2D eigenvalue weighted by Gasteiger charge is 2.37. The minimum atomic E-state index is -3.84. The van der Waals surface area contributed by atoms with Gasteiger partial charge in [0.05, 0.1) is 24.8 Å². The summed E-state index contributed by atoms with van der Waals surface area (Å²) in [4.78, 5) is 13.2. The minimum Gasteiger partial charge on any atom is -0.497 e. The Labute approximate surface area is 175 Å². The summed E-state index contributed by atoms with van der Waals surface area (Å²) in [5.41, 5.74) is 0.422. The van der Waals surface area contributed by atoms with Crippen molar-refractivity contribution in [3.63, 3.8) is 0 Å². The first-order chi connectivity index (χ1) is 13.9. The summed E-state index contributed by atoms with van der Waals surface area (Å²) in [7, 11) is -0.818. The molecule has 2 aromatic carbocycles. The maximum absolute atomic E-state index is 13.1. The molecule has 1 aliphatic rings. The number of carbonyl (C=O) groups excluding carboxylic acids is 1. The third kappa shape index (κ3) is 4.66. The van der Waals surface area contributed by atoms with Crippen LogP contribution < -0.4 is 14.8 Å². The van der Waals surface area contributed by atoms with E-state index in [1.54, 1.807) is 18.2 Å². The van der Waals surface area contributed by atoms with Crippen molar-refractivity contribution in [1.82, 2.24) is 4.31 Å². The number of halogens is 1. The van der Waals surface area contributed by atoms with Crippen LogP contribution >= 0.6 is 11.6 Å². The Kier molecular flexibility index (Phi) is 6.66. The summed E-state index contributed by atoms with van der Waals surface area (Å²) in [6.45, 7) is 0.276. The molecule has 0 radical (unpaired) electrons. The minimum absolute atomic E-state index is 0.112. The van der Waals surface area contributed by atoms with Crippen molar-refractivity contribution in [2.75, 3.05) is 26.1 Å². The lowest BCUT2D eigenvalue weighted by Gasteiger charge is -2.33. The summed E-state index contributed by atoms with van der Waals surface area (Å²) in [5.74, 6) is 0.603. The van der Waals surface area contributed by atoms with Gasteiger partial charge in [-0.3, -0.25) is 4.79 Å². The third-order valence-corrected chi connectivity index (χ3v) is 7.02. The van der Waals surface area contributed by atoms with Gasteiger partial charge in [-0.05, 0) is 49.2 Å². The monoisotopic (exact) mass is 438 g/mol. The number of nitrogens with zero attached hydrogens (tertiary/aromatic N) is 1. The van der Waals surface area contributed by atoms with Crippen LogP contribution in [0.2, 0.25) is 5.02 Å². The average molecular weight is 439 g/mol. The lowest BCUT2D eigenvalue weighted by atomic mass is 10.0. The quantitative estimate of drug-likeness (QED) is 0.745. The average Bonchev–Trinajstić information content (AvgIpc) is 2.74. The number of nitrogens with one attached hydrogen (secondary N) is 1. The van der Waals surface area contributed by atoms with Crippen LogP contribution in [0.5, 0.6) is 11.5 Å². The molecule has 156 valence electrons. The number of methoxy groups -OCH3 is 2. The number of hydrogen-bond donors (Lipinski definition) is 1. The van der Waals surface area contributed by atoms with E-state index in [1.807, 2.05) is 0 Å². The highest BCUT2D eigenvalue weighted by Crippen LogP contribution is 2.31. The molecule has 1 unspecified atom stereocenters. The highest BCUT2D eigenvalue weighted by molar-refractivity contribution is 7.89. The fourth-order valence-electron chi connectivity index (χ4n) is 3.32. The number of benzene rings is 2. The molecule has 1 aliphatic heterocycles. The van der Waals surface area contributed by atoms with Gasteiger partial charge in [-0.15, -0.1) is 0 Å². The van der Waals surface area contributed by atoms with E-state index < -0.39 is 22.0 Å². The molecule has 0 spiro atoms. The molecule has 0 aliphatic carbocycles. The second-order valence-corrected chi connectivity index (χ2v) is 8.96. The molecule has 1 fully saturated rings. The Morgan fingerprint density at radius 2 is 1.83 bits per heavy atom. The van der Waals surface area contributed by atoms with Gasteiger partial charge in [0.25, 0.3) is 0 Å². The predicted molar refractivity (Wildman–Crippen MR) is 111 cm³/mol. The molecule has 1 amide bonds. The van der Waals surface area contributed by atoms with Gasteiger partial charge < -0.3 is 14.8 Å². The first-order valence-corrected chi connectivity index (χ1v) is 11.0. The number of sulfonamides is 1. The molecular weight excluding hydrogens is 416 g/mol. The third-order valence-electron chi connectivity index (χ3n) is 4.84. The molecule has 9 heteroatoms. The summed E-state index contributed by atoms with van der Waals surface area (Å²) in [6, 6.07) is 10.2. The maximum atomic E-state index is 13.1. The number of amides is 1. The first kappa shape index (κ1) is 21.4. The van der Waals surface area contributed by atoms with Crippen molar-refractivity contribution in [1.29, 1.82) is 0 Å². The van der Waals surface area contributed by atoms with E-state index in [-0.39, 0.29) is 11.4 Å². The van der Waals surface area contributed by atoms with Crippen molar-refractivity contribution in [3.8, 4) is 11.5 Å². The molecular formula is C20H23ClN2O5S. The summed E-state index contributed by atoms with van der Waals surface area (Å²) >= 11 is 5.88. The molecule has 2 aromatic rings. The van der Waals surface area contributed by atoms with E-state index in [1.165, 1.54) is 42.8 Å². The largest absolute Gasteiger partial charge is 0.497 e. The zero-order chi connectivity index (χ0) is 21.0. The maximum Gasteiger partial charge on any atom is 0.243 e. The van der Waals surface area contributed by atoms with Crippen LogP contribution in [0.1, 0.15) is 19.3 Å². The van der Waals surface area contributed by atoms with E-state index in [4.69, 9.17) is 21.1 Å². The van der Waals surface area contributed by atoms with Crippen molar-refractivity contribution in [3.05, 3.63) is 47.5 Å². The Morgan fingerprint density at radius 3 is 2.48 bits per heavy atom. The van der Waals surface area contributed by atoms with Crippen LogP contribution in [-0.2, 0) is 14.8 Å². The van der Waals surface area contributed by atoms with E-state index >= 15 is 0 Å². The summed E-state index contributed by atoms with van der Waals surface area (Å²) in [5, 5.41) is 3.24. The van der Waals surface area contributed by atoms with Crippen LogP contribution in [0.3, 0.4) is 0 Å². The number of piperidine rings is 1. The molecule has 1 saturated heterocycles. The van der Waals surface area contributed by atoms with Gasteiger partial charge in [-0.25, -0.2) is 8.42 Å². The van der Waals surface area contributed by atoms with Crippen LogP contribution in [0.15, 0.2) is 47.4 Å². The van der Waals surface area contributed by atoms with E-state index in [0.29, 0.717) is 35.1 Å². The first-order valence-electron chi connectivity index (χ1n) is 9.17.